The van der Waals surface area contributed by atoms with E-state index in [1.807, 2.05) is 19.2 Å². The van der Waals surface area contributed by atoms with Gasteiger partial charge in [-0.25, -0.2) is 0 Å². The van der Waals surface area contributed by atoms with Crippen molar-refractivity contribution in [2.45, 2.75) is 31.9 Å². The summed E-state index contributed by atoms with van der Waals surface area (Å²) in [5, 5.41) is 16.8. The summed E-state index contributed by atoms with van der Waals surface area (Å²) < 4.78 is 0. The van der Waals surface area contributed by atoms with Crippen molar-refractivity contribution in [2.75, 3.05) is 11.9 Å². The molecule has 14 heavy (non-hydrogen) atoms. The Bertz CT molecular complexity index is 295. The lowest BCUT2D eigenvalue weighted by Crippen LogP contribution is -2.37. The first-order valence-electron chi connectivity index (χ1n) is 4.97. The molecule has 0 atom stereocenters. The minimum atomic E-state index is -0.0412. The largest absolute Gasteiger partial charge is 0.390 e. The van der Waals surface area contributed by atoms with Crippen molar-refractivity contribution in [1.29, 1.82) is 0 Å². The number of hydrogen-bond acceptors (Lipinski definition) is 4. The highest BCUT2D eigenvalue weighted by atomic mass is 16.3. The molecule has 0 saturated heterocycles. The van der Waals surface area contributed by atoms with E-state index in [0.29, 0.717) is 11.7 Å². The molecule has 1 saturated carbocycles. The van der Waals surface area contributed by atoms with Crippen molar-refractivity contribution in [3.8, 4) is 0 Å². The highest BCUT2D eigenvalue weighted by Gasteiger charge is 2.22. The second-order valence-electron chi connectivity index (χ2n) is 3.74. The lowest BCUT2D eigenvalue weighted by molar-refractivity contribution is 0.275. The van der Waals surface area contributed by atoms with Crippen molar-refractivity contribution in [2.24, 2.45) is 0 Å². The number of nitrogens with zero attached hydrogens (tertiary/aromatic N) is 3. The van der Waals surface area contributed by atoms with E-state index < -0.39 is 0 Å². The molecule has 0 amide bonds. The number of aliphatic hydroxyl groups is 1. The van der Waals surface area contributed by atoms with Crippen LogP contribution in [0.3, 0.4) is 0 Å². The molecule has 0 aliphatic heterocycles. The van der Waals surface area contributed by atoms with E-state index in [-0.39, 0.29) is 6.61 Å². The van der Waals surface area contributed by atoms with Crippen LogP contribution in [0, 0.1) is 0 Å². The van der Waals surface area contributed by atoms with E-state index in [1.165, 1.54) is 19.3 Å². The van der Waals surface area contributed by atoms with Gasteiger partial charge in [-0.15, -0.1) is 5.10 Å². The van der Waals surface area contributed by atoms with Crippen LogP contribution in [-0.4, -0.2) is 28.4 Å². The lowest BCUT2D eigenvalue weighted by atomic mass is 9.92. The molecule has 1 heterocycles. The molecule has 1 fully saturated rings. The van der Waals surface area contributed by atoms with E-state index >= 15 is 0 Å². The van der Waals surface area contributed by atoms with Gasteiger partial charge in [-0.1, -0.05) is 0 Å². The fourth-order valence-electron chi connectivity index (χ4n) is 1.59. The average Bonchev–Trinajstić information content (AvgIpc) is 2.15. The van der Waals surface area contributed by atoms with Crippen molar-refractivity contribution >= 4 is 5.82 Å². The summed E-state index contributed by atoms with van der Waals surface area (Å²) in [6, 6.07) is 4.36. The minimum Gasteiger partial charge on any atom is -0.390 e. The van der Waals surface area contributed by atoms with Crippen LogP contribution >= 0.6 is 0 Å². The molecule has 0 bridgehead atoms. The zero-order valence-electron chi connectivity index (χ0n) is 8.35. The van der Waals surface area contributed by atoms with Gasteiger partial charge < -0.3 is 10.0 Å². The fourth-order valence-corrected chi connectivity index (χ4v) is 1.59. The first-order chi connectivity index (χ1) is 6.81. The van der Waals surface area contributed by atoms with Gasteiger partial charge in [-0.05, 0) is 31.4 Å². The monoisotopic (exact) mass is 193 g/mol. The first-order valence-corrected chi connectivity index (χ1v) is 4.97. The maximum Gasteiger partial charge on any atom is 0.151 e. The van der Waals surface area contributed by atoms with Crippen LogP contribution in [0.1, 0.15) is 25.0 Å². The van der Waals surface area contributed by atoms with Gasteiger partial charge in [-0.2, -0.15) is 5.10 Å². The summed E-state index contributed by atoms with van der Waals surface area (Å²) in [6.07, 6.45) is 3.82. The van der Waals surface area contributed by atoms with Crippen molar-refractivity contribution in [3.63, 3.8) is 0 Å². The highest BCUT2D eigenvalue weighted by Crippen LogP contribution is 2.26. The predicted octanol–water partition coefficient (Wildman–Crippen LogP) is 0.958. The number of anilines is 1. The maximum absolute atomic E-state index is 8.82. The molecule has 1 aromatic rings. The summed E-state index contributed by atoms with van der Waals surface area (Å²) in [5.41, 5.74) is 0.621. The van der Waals surface area contributed by atoms with Gasteiger partial charge in [0.05, 0.1) is 12.3 Å². The van der Waals surface area contributed by atoms with Gasteiger partial charge in [0, 0.05) is 13.1 Å². The summed E-state index contributed by atoms with van der Waals surface area (Å²) in [5.74, 6) is 0.895. The number of hydrogen-bond donors (Lipinski definition) is 1. The molecular formula is C10H15N3O. The van der Waals surface area contributed by atoms with E-state index in [1.54, 1.807) is 0 Å². The molecule has 1 aliphatic rings. The lowest BCUT2D eigenvalue weighted by Gasteiger charge is -2.35. The second kappa shape index (κ2) is 3.92. The molecule has 4 nitrogen and oxygen atoms in total. The Labute approximate surface area is 83.6 Å². The van der Waals surface area contributed by atoms with Crippen LogP contribution in [0.15, 0.2) is 12.1 Å². The van der Waals surface area contributed by atoms with E-state index in [4.69, 9.17) is 5.11 Å². The van der Waals surface area contributed by atoms with Crippen LogP contribution in [0.2, 0.25) is 0 Å². The molecule has 0 unspecified atom stereocenters. The van der Waals surface area contributed by atoms with Gasteiger partial charge in [-0.3, -0.25) is 0 Å². The Balaban J connectivity index is 2.07. The summed E-state index contributed by atoms with van der Waals surface area (Å²) >= 11 is 0. The molecule has 2 rings (SSSR count). The molecule has 0 aromatic carbocycles. The Hall–Kier alpha value is -1.16. The highest BCUT2D eigenvalue weighted by molar-refractivity contribution is 5.38. The van der Waals surface area contributed by atoms with Gasteiger partial charge in [0.2, 0.25) is 0 Å². The Morgan fingerprint density at radius 1 is 1.43 bits per heavy atom. The van der Waals surface area contributed by atoms with E-state index in [2.05, 4.69) is 15.1 Å². The molecule has 4 heteroatoms. The third kappa shape index (κ3) is 1.70. The normalized spacial score (nSPS) is 16.4. The van der Waals surface area contributed by atoms with Gasteiger partial charge in [0.25, 0.3) is 0 Å². The molecule has 0 radical (unpaired) electrons. The molecule has 1 N–H and O–H groups in total. The van der Waals surface area contributed by atoms with E-state index in [9.17, 15) is 0 Å². The van der Waals surface area contributed by atoms with Crippen LogP contribution in [-0.2, 0) is 6.61 Å². The SMILES string of the molecule is CN(c1ccc(CO)nn1)C1CCC1. The molecular weight excluding hydrogens is 178 g/mol. The summed E-state index contributed by atoms with van der Waals surface area (Å²) in [4.78, 5) is 2.16. The molecule has 76 valence electrons. The van der Waals surface area contributed by atoms with Crippen LogP contribution in [0.25, 0.3) is 0 Å². The van der Waals surface area contributed by atoms with Crippen molar-refractivity contribution < 1.29 is 5.11 Å². The number of rotatable bonds is 3. The average molecular weight is 193 g/mol. The number of aromatic nitrogens is 2. The first kappa shape index (κ1) is 9.40. The van der Waals surface area contributed by atoms with Gasteiger partial charge >= 0.3 is 0 Å². The van der Waals surface area contributed by atoms with Crippen LogP contribution in [0.4, 0.5) is 5.82 Å². The Kier molecular flexibility index (Phi) is 2.63. The third-order valence-electron chi connectivity index (χ3n) is 2.85. The smallest absolute Gasteiger partial charge is 0.151 e. The quantitative estimate of drug-likeness (QED) is 0.776. The zero-order chi connectivity index (χ0) is 9.97. The summed E-state index contributed by atoms with van der Waals surface area (Å²) in [7, 11) is 2.05. The molecule has 1 aliphatic carbocycles. The maximum atomic E-state index is 8.82. The van der Waals surface area contributed by atoms with Gasteiger partial charge in [0.15, 0.2) is 5.82 Å². The molecule has 0 spiro atoms. The third-order valence-corrected chi connectivity index (χ3v) is 2.85. The van der Waals surface area contributed by atoms with Crippen LogP contribution < -0.4 is 4.90 Å². The molecule has 1 aromatic heterocycles. The summed E-state index contributed by atoms with van der Waals surface area (Å²) in [6.45, 7) is -0.0412. The van der Waals surface area contributed by atoms with E-state index in [0.717, 1.165) is 5.82 Å². The second-order valence-corrected chi connectivity index (χ2v) is 3.74. The van der Waals surface area contributed by atoms with Gasteiger partial charge in [0.1, 0.15) is 0 Å². The Morgan fingerprint density at radius 3 is 2.64 bits per heavy atom. The van der Waals surface area contributed by atoms with Crippen molar-refractivity contribution in [3.05, 3.63) is 17.8 Å². The fraction of sp³-hybridized carbons (Fsp3) is 0.600. The predicted molar refractivity (Wildman–Crippen MR) is 54.0 cm³/mol. The standard InChI is InChI=1S/C10H15N3O/c1-13(9-3-2-4-9)10-6-5-8(7-14)11-12-10/h5-6,9,14H,2-4,7H2,1H3. The number of aliphatic hydroxyl groups excluding tert-OH is 1. The zero-order valence-corrected chi connectivity index (χ0v) is 8.35. The topological polar surface area (TPSA) is 49.2 Å². The Morgan fingerprint density at radius 2 is 2.21 bits per heavy atom. The van der Waals surface area contributed by atoms with Crippen LogP contribution in [0.5, 0.6) is 0 Å². The van der Waals surface area contributed by atoms with Crippen molar-refractivity contribution in [1.82, 2.24) is 10.2 Å². The minimum absolute atomic E-state index is 0.0412.